The van der Waals surface area contributed by atoms with E-state index in [0.29, 0.717) is 0 Å². The van der Waals surface area contributed by atoms with Gasteiger partial charge < -0.3 is 9.80 Å². The van der Waals surface area contributed by atoms with Crippen LogP contribution in [0.4, 0.5) is 34.1 Å². The first-order valence-corrected chi connectivity index (χ1v) is 28.1. The summed E-state index contributed by atoms with van der Waals surface area (Å²) in [5.41, 5.74) is 26.9. The van der Waals surface area contributed by atoms with Gasteiger partial charge in [-0.1, -0.05) is 135 Å². The number of aryl methyl sites for hydroxylation is 2. The molecular weight excluding hydrogens is 864 g/mol. The molecule has 4 aliphatic carbocycles. The maximum Gasteiger partial charge on any atom is 0.264 e. The first-order valence-electron chi connectivity index (χ1n) is 27.3. The quantitative estimate of drug-likeness (QED) is 0.159. The molecule has 70 heavy (non-hydrogen) atoms. The second kappa shape index (κ2) is 14.3. The zero-order valence-electron chi connectivity index (χ0n) is 46.4. The van der Waals surface area contributed by atoms with Crippen molar-refractivity contribution >= 4 is 78.0 Å². The Morgan fingerprint density at radius 3 is 1.46 bits per heavy atom. The number of benzene rings is 5. The van der Waals surface area contributed by atoms with E-state index < -0.39 is 0 Å². The fraction of sp³-hybridized carbons (Fsp3) is 0.515. The molecule has 2 nitrogen and oxygen atoms in total. The van der Waals surface area contributed by atoms with Gasteiger partial charge >= 0.3 is 0 Å². The van der Waals surface area contributed by atoms with Gasteiger partial charge in [-0.05, 0) is 218 Å². The summed E-state index contributed by atoms with van der Waals surface area (Å²) >= 11 is 2.10. The van der Waals surface area contributed by atoms with Crippen molar-refractivity contribution < 1.29 is 0 Å². The second-order valence-electron chi connectivity index (χ2n) is 28.9. The minimum absolute atomic E-state index is 0.00515. The third-order valence-corrected chi connectivity index (χ3v) is 21.4. The van der Waals surface area contributed by atoms with E-state index in [4.69, 9.17) is 0 Å². The summed E-state index contributed by atoms with van der Waals surface area (Å²) in [6.07, 6.45) is 9.59. The second-order valence-corrected chi connectivity index (χ2v) is 30.0. The molecular formula is C66H81BN2S. The number of fused-ring (bicyclic) bond motifs is 11. The Balaban J connectivity index is 1.24. The van der Waals surface area contributed by atoms with E-state index in [1.165, 1.54) is 150 Å². The lowest BCUT2D eigenvalue weighted by molar-refractivity contribution is 0.331. The van der Waals surface area contributed by atoms with Crippen LogP contribution in [0.1, 0.15) is 218 Å². The molecule has 3 heterocycles. The summed E-state index contributed by atoms with van der Waals surface area (Å²) in [6.45, 7) is 44.9. The molecule has 0 saturated heterocycles. The van der Waals surface area contributed by atoms with Crippen LogP contribution in [0.3, 0.4) is 0 Å². The molecule has 0 amide bonds. The molecule has 1 aromatic heterocycles. The van der Waals surface area contributed by atoms with Crippen molar-refractivity contribution in [3.63, 3.8) is 0 Å². The van der Waals surface area contributed by atoms with E-state index in [9.17, 15) is 0 Å². The minimum atomic E-state index is -0.00515. The van der Waals surface area contributed by atoms with E-state index in [0.717, 1.165) is 0 Å². The van der Waals surface area contributed by atoms with Crippen LogP contribution in [0.25, 0.3) is 10.1 Å². The molecule has 0 radical (unpaired) electrons. The highest BCUT2D eigenvalue weighted by Crippen LogP contribution is 2.58. The van der Waals surface area contributed by atoms with E-state index in [1.807, 2.05) is 0 Å². The highest BCUT2D eigenvalue weighted by molar-refractivity contribution is 7.33. The monoisotopic (exact) mass is 945 g/mol. The molecule has 2 aliphatic heterocycles. The average molecular weight is 945 g/mol. The van der Waals surface area contributed by atoms with Crippen LogP contribution < -0.4 is 25.5 Å². The van der Waals surface area contributed by atoms with Crippen LogP contribution in [0, 0.1) is 13.8 Å². The number of hydrogen-bond acceptors (Lipinski definition) is 3. The van der Waals surface area contributed by atoms with Crippen LogP contribution in [0.15, 0.2) is 66.7 Å². The lowest BCUT2D eigenvalue weighted by Gasteiger charge is -2.50. The van der Waals surface area contributed by atoms with Crippen LogP contribution in [-0.4, -0.2) is 6.71 Å². The van der Waals surface area contributed by atoms with Gasteiger partial charge in [-0.2, -0.15) is 0 Å². The van der Waals surface area contributed by atoms with Crippen molar-refractivity contribution in [3.8, 4) is 0 Å². The van der Waals surface area contributed by atoms with Crippen molar-refractivity contribution in [2.75, 3.05) is 9.80 Å². The zero-order chi connectivity index (χ0) is 50.0. The molecule has 6 aliphatic rings. The largest absolute Gasteiger partial charge is 0.311 e. The van der Waals surface area contributed by atoms with Gasteiger partial charge in [-0.15, -0.1) is 11.3 Å². The molecule has 4 heteroatoms. The molecule has 5 aromatic carbocycles. The number of anilines is 6. The molecule has 12 rings (SSSR count). The van der Waals surface area contributed by atoms with Crippen molar-refractivity contribution in [1.82, 2.24) is 0 Å². The first-order chi connectivity index (χ1) is 32.5. The predicted molar refractivity (Wildman–Crippen MR) is 306 cm³/mol. The van der Waals surface area contributed by atoms with Gasteiger partial charge in [0, 0.05) is 43.3 Å². The molecule has 6 aromatic rings. The van der Waals surface area contributed by atoms with Gasteiger partial charge in [0.1, 0.15) is 0 Å². The topological polar surface area (TPSA) is 6.48 Å². The Kier molecular flexibility index (Phi) is 9.53. The molecule has 0 unspecified atom stereocenters. The summed E-state index contributed by atoms with van der Waals surface area (Å²) in [7, 11) is 0. The Bertz CT molecular complexity index is 3270. The summed E-state index contributed by atoms with van der Waals surface area (Å²) in [5, 5.41) is 1.43. The summed E-state index contributed by atoms with van der Waals surface area (Å²) in [6, 6.07) is 28.7. The van der Waals surface area contributed by atoms with Crippen molar-refractivity contribution in [1.29, 1.82) is 0 Å². The number of thiophene rings is 1. The number of nitrogens with zero attached hydrogens (tertiary/aromatic N) is 2. The summed E-state index contributed by atoms with van der Waals surface area (Å²) in [5.74, 6) is 0. The van der Waals surface area contributed by atoms with Gasteiger partial charge in [0.2, 0.25) is 0 Å². The molecule has 0 atom stereocenters. The summed E-state index contributed by atoms with van der Waals surface area (Å²) < 4.78 is 2.94. The maximum atomic E-state index is 2.81. The molecule has 0 saturated carbocycles. The zero-order valence-corrected chi connectivity index (χ0v) is 47.2. The molecule has 0 fully saturated rings. The van der Waals surface area contributed by atoms with E-state index >= 15 is 0 Å². The third kappa shape index (κ3) is 6.41. The molecule has 0 N–H and O–H groups in total. The fourth-order valence-electron chi connectivity index (χ4n) is 15.1. The van der Waals surface area contributed by atoms with Gasteiger partial charge in [0.05, 0.1) is 5.69 Å². The Morgan fingerprint density at radius 1 is 0.414 bits per heavy atom. The van der Waals surface area contributed by atoms with Crippen LogP contribution in [0.5, 0.6) is 0 Å². The SMILES string of the molecule is Cc1cc2c3c(c1)N(c1cc4c(cc1C)C(C)(C)CCC4(C)C)c1c(sc4cc5c(cc14)C(C)(C)CCC5(C)C)B3c1ccc3c(c1N2c1ccc2c(c1)C(C)(C)CCC2(C)C)C(C)(C)CCC3(C)C. The van der Waals surface area contributed by atoms with Crippen LogP contribution >= 0.6 is 11.3 Å². The van der Waals surface area contributed by atoms with Gasteiger partial charge in [0.25, 0.3) is 6.71 Å². The van der Waals surface area contributed by atoms with E-state index in [1.54, 1.807) is 16.7 Å². The van der Waals surface area contributed by atoms with E-state index in [-0.39, 0.29) is 50.0 Å². The highest BCUT2D eigenvalue weighted by atomic mass is 32.1. The number of hydrogen-bond donors (Lipinski definition) is 0. The lowest BCUT2D eigenvalue weighted by atomic mass is 9.35. The van der Waals surface area contributed by atoms with Crippen molar-refractivity contribution in [2.24, 2.45) is 0 Å². The van der Waals surface area contributed by atoms with Gasteiger partial charge in [-0.25, -0.2) is 0 Å². The first kappa shape index (κ1) is 46.8. The average Bonchev–Trinajstić information content (AvgIpc) is 3.65. The Hall–Kier alpha value is -4.28. The summed E-state index contributed by atoms with van der Waals surface area (Å²) in [4.78, 5) is 5.62. The van der Waals surface area contributed by atoms with Gasteiger partial charge in [-0.3, -0.25) is 0 Å². The van der Waals surface area contributed by atoms with Crippen LogP contribution in [0.2, 0.25) is 0 Å². The maximum absolute atomic E-state index is 2.81. The fourth-order valence-corrected chi connectivity index (χ4v) is 16.4. The molecule has 364 valence electrons. The van der Waals surface area contributed by atoms with Gasteiger partial charge in [0.15, 0.2) is 0 Å². The minimum Gasteiger partial charge on any atom is -0.311 e. The van der Waals surface area contributed by atoms with Crippen molar-refractivity contribution in [3.05, 3.63) is 122 Å². The third-order valence-electron chi connectivity index (χ3n) is 20.2. The standard InChI is InChI=1S/C66H81BN2S/c1-38-31-51-55-52(32-38)69(50-36-47-44(33-39(50)2)61(7,8)25-27-64(47,13)14)56-41-35-46-48(65(15,16)28-26-63(46,11)12)37-53(41)70-58(56)67(55)49-22-21-43-54(66(17,18)30-29-60(43,5)6)57(49)68(51)40-19-20-42-45(34-40)62(9,10)24-23-59(42,3)4/h19-22,31-37H,23-30H2,1-18H3. The Morgan fingerprint density at radius 2 is 0.871 bits per heavy atom. The van der Waals surface area contributed by atoms with Crippen LogP contribution in [-0.2, 0) is 43.3 Å². The predicted octanol–water partition coefficient (Wildman–Crippen LogP) is 17.0. The lowest BCUT2D eigenvalue weighted by Crippen LogP contribution is -2.61. The number of rotatable bonds is 2. The smallest absolute Gasteiger partial charge is 0.264 e. The molecule has 0 spiro atoms. The van der Waals surface area contributed by atoms with Crippen molar-refractivity contribution in [2.45, 2.75) is 219 Å². The highest BCUT2D eigenvalue weighted by Gasteiger charge is 2.51. The van der Waals surface area contributed by atoms with E-state index in [2.05, 4.69) is 212 Å². The Labute approximate surface area is 427 Å². The molecule has 0 bridgehead atoms. The normalized spacial score (nSPS) is 22.8.